The van der Waals surface area contributed by atoms with Crippen LogP contribution in [-0.4, -0.2) is 11.8 Å². The minimum Gasteiger partial charge on any atom is -0.454 e. The summed E-state index contributed by atoms with van der Waals surface area (Å²) in [6.07, 6.45) is 5.32. The Hall–Kier alpha value is -1.55. The number of allylic oxidation sites excluding steroid dienone is 3. The van der Waals surface area contributed by atoms with Gasteiger partial charge in [-0.2, -0.15) is 0 Å². The second-order valence-electron chi connectivity index (χ2n) is 3.33. The molecule has 3 nitrogen and oxygen atoms in total. The molecule has 1 fully saturated rings. The van der Waals surface area contributed by atoms with Gasteiger partial charge in [0, 0.05) is 11.1 Å². The summed E-state index contributed by atoms with van der Waals surface area (Å²) in [5.41, 5.74) is 1.13. The molecule has 1 aromatic heterocycles. The first kappa shape index (κ1) is 17.4. The molecule has 0 radical (unpaired) electrons. The van der Waals surface area contributed by atoms with Gasteiger partial charge in [-0.15, -0.1) is 11.3 Å². The van der Waals surface area contributed by atoms with Crippen LogP contribution >= 0.6 is 11.3 Å². The van der Waals surface area contributed by atoms with E-state index < -0.39 is 0 Å². The standard InChI is InChI=1S/C8H10O2.C5H7NS.C2H6/c1-3-5-8-7(4-2)9-6-10-8;1-4-3-7-5(2)6-4;1-2/h3-5H,1,6H2,2H3;3H,1-2H3;1-2H3/b7-4+,8-5+;;. The van der Waals surface area contributed by atoms with Gasteiger partial charge in [-0.3, -0.25) is 0 Å². The van der Waals surface area contributed by atoms with Gasteiger partial charge in [0.05, 0.1) is 5.01 Å². The van der Waals surface area contributed by atoms with E-state index in [0.29, 0.717) is 6.79 Å². The zero-order chi connectivity index (χ0) is 14.7. The second-order valence-corrected chi connectivity index (χ2v) is 4.40. The summed E-state index contributed by atoms with van der Waals surface area (Å²) in [5.74, 6) is 1.55. The zero-order valence-corrected chi connectivity index (χ0v) is 13.2. The van der Waals surface area contributed by atoms with Gasteiger partial charge in [0.15, 0.2) is 11.5 Å². The predicted molar refractivity (Wildman–Crippen MR) is 82.0 cm³/mol. The molecule has 2 heterocycles. The summed E-state index contributed by atoms with van der Waals surface area (Å²) in [6.45, 7) is 13.8. The van der Waals surface area contributed by atoms with Gasteiger partial charge in [-0.05, 0) is 32.9 Å². The molecule has 1 aliphatic rings. The van der Waals surface area contributed by atoms with Gasteiger partial charge >= 0.3 is 0 Å². The zero-order valence-electron chi connectivity index (χ0n) is 12.4. The topological polar surface area (TPSA) is 31.4 Å². The summed E-state index contributed by atoms with van der Waals surface area (Å²) in [5, 5.41) is 3.20. The fourth-order valence-corrected chi connectivity index (χ4v) is 1.82. The molecule has 2 rings (SSSR count). The molecule has 1 aromatic rings. The van der Waals surface area contributed by atoms with Gasteiger partial charge in [0.25, 0.3) is 0 Å². The van der Waals surface area contributed by atoms with E-state index >= 15 is 0 Å². The largest absolute Gasteiger partial charge is 0.454 e. The maximum absolute atomic E-state index is 5.10. The minimum absolute atomic E-state index is 0.319. The van der Waals surface area contributed by atoms with Crippen molar-refractivity contribution in [2.45, 2.75) is 34.6 Å². The Labute approximate surface area is 120 Å². The summed E-state index contributed by atoms with van der Waals surface area (Å²) in [6, 6.07) is 0. The summed E-state index contributed by atoms with van der Waals surface area (Å²) < 4.78 is 10.2. The van der Waals surface area contributed by atoms with Crippen molar-refractivity contribution < 1.29 is 9.47 Å². The van der Waals surface area contributed by atoms with Crippen LogP contribution in [0.1, 0.15) is 31.5 Å². The van der Waals surface area contributed by atoms with Crippen molar-refractivity contribution in [3.63, 3.8) is 0 Å². The Morgan fingerprint density at radius 2 is 1.89 bits per heavy atom. The molecule has 4 heteroatoms. The number of aryl methyl sites for hydroxylation is 2. The van der Waals surface area contributed by atoms with Crippen molar-refractivity contribution in [3.8, 4) is 0 Å². The summed E-state index contributed by atoms with van der Waals surface area (Å²) in [7, 11) is 0. The normalized spacial score (nSPS) is 16.7. The predicted octanol–water partition coefficient (Wildman–Crippen LogP) is 4.75. The molecule has 106 valence electrons. The quantitative estimate of drug-likeness (QED) is 0.744. The number of nitrogens with zero attached hydrogens (tertiary/aromatic N) is 1. The van der Waals surface area contributed by atoms with Crippen molar-refractivity contribution in [3.05, 3.63) is 52.4 Å². The van der Waals surface area contributed by atoms with Crippen molar-refractivity contribution in [1.82, 2.24) is 4.98 Å². The molecule has 0 aliphatic carbocycles. The number of thiazole rings is 1. The van der Waals surface area contributed by atoms with E-state index in [4.69, 9.17) is 9.47 Å². The van der Waals surface area contributed by atoms with Crippen LogP contribution in [0, 0.1) is 13.8 Å². The Morgan fingerprint density at radius 1 is 1.26 bits per heavy atom. The second kappa shape index (κ2) is 10.4. The lowest BCUT2D eigenvalue weighted by atomic mass is 10.3. The molecule has 0 bridgehead atoms. The van der Waals surface area contributed by atoms with Crippen molar-refractivity contribution in [2.75, 3.05) is 6.79 Å². The number of hydrogen-bond donors (Lipinski definition) is 0. The Morgan fingerprint density at radius 3 is 2.26 bits per heavy atom. The fraction of sp³-hybridized carbons (Fsp3) is 0.400. The van der Waals surface area contributed by atoms with Crippen LogP contribution in [0.4, 0.5) is 0 Å². The van der Waals surface area contributed by atoms with Crippen LogP contribution in [0.2, 0.25) is 0 Å². The molecular weight excluding hydrogens is 258 g/mol. The van der Waals surface area contributed by atoms with Crippen LogP contribution in [0.25, 0.3) is 0 Å². The third kappa shape index (κ3) is 6.82. The van der Waals surface area contributed by atoms with Gasteiger partial charge in [-0.25, -0.2) is 4.98 Å². The highest BCUT2D eigenvalue weighted by molar-refractivity contribution is 7.09. The molecule has 0 unspecified atom stereocenters. The third-order valence-corrected chi connectivity index (χ3v) is 2.83. The summed E-state index contributed by atoms with van der Waals surface area (Å²) in [4.78, 5) is 4.13. The molecule has 0 saturated carbocycles. The van der Waals surface area contributed by atoms with E-state index in [9.17, 15) is 0 Å². The SMILES string of the molecule is C=C/C=C1/OCO/C1=C/C.CC.Cc1csc(C)n1. The third-order valence-electron chi connectivity index (χ3n) is 1.94. The molecule has 0 aromatic carbocycles. The lowest BCUT2D eigenvalue weighted by molar-refractivity contribution is 0.0976. The molecule has 1 aliphatic heterocycles. The Kier molecular flexibility index (Phi) is 9.53. The molecule has 19 heavy (non-hydrogen) atoms. The van der Waals surface area contributed by atoms with Gasteiger partial charge in [0.1, 0.15) is 0 Å². The Bertz CT molecular complexity index is 417. The Balaban J connectivity index is 0.000000316. The monoisotopic (exact) mass is 281 g/mol. The van der Waals surface area contributed by atoms with Crippen LogP contribution in [-0.2, 0) is 9.47 Å². The highest BCUT2D eigenvalue weighted by Gasteiger charge is 2.13. The van der Waals surface area contributed by atoms with E-state index in [1.807, 2.05) is 40.7 Å². The maximum Gasteiger partial charge on any atom is 0.231 e. The molecule has 0 amide bonds. The fourth-order valence-electron chi connectivity index (χ4n) is 1.23. The maximum atomic E-state index is 5.10. The van der Waals surface area contributed by atoms with Gasteiger partial charge < -0.3 is 9.47 Å². The number of ether oxygens (including phenoxy) is 2. The summed E-state index contributed by atoms with van der Waals surface area (Å²) >= 11 is 1.69. The number of aromatic nitrogens is 1. The highest BCUT2D eigenvalue weighted by atomic mass is 32.1. The lowest BCUT2D eigenvalue weighted by Gasteiger charge is -1.91. The van der Waals surface area contributed by atoms with Gasteiger partial charge in [-0.1, -0.05) is 26.5 Å². The van der Waals surface area contributed by atoms with Crippen LogP contribution < -0.4 is 0 Å². The van der Waals surface area contributed by atoms with Crippen LogP contribution in [0.15, 0.2) is 41.7 Å². The average molecular weight is 281 g/mol. The van der Waals surface area contributed by atoms with Crippen LogP contribution in [0.3, 0.4) is 0 Å². The minimum atomic E-state index is 0.319. The van der Waals surface area contributed by atoms with E-state index in [1.165, 1.54) is 0 Å². The molecule has 0 N–H and O–H groups in total. The van der Waals surface area contributed by atoms with Gasteiger partial charge in [0.2, 0.25) is 6.79 Å². The average Bonchev–Trinajstić information content (AvgIpc) is 3.02. The smallest absolute Gasteiger partial charge is 0.231 e. The number of rotatable bonds is 1. The lowest BCUT2D eigenvalue weighted by Crippen LogP contribution is -1.79. The highest BCUT2D eigenvalue weighted by Crippen LogP contribution is 2.19. The molecule has 0 atom stereocenters. The molecule has 1 saturated heterocycles. The van der Waals surface area contributed by atoms with E-state index in [2.05, 4.69) is 16.9 Å². The van der Waals surface area contributed by atoms with E-state index in [1.54, 1.807) is 23.5 Å². The van der Waals surface area contributed by atoms with Crippen LogP contribution in [0.5, 0.6) is 0 Å². The van der Waals surface area contributed by atoms with Crippen molar-refractivity contribution in [1.29, 1.82) is 0 Å². The molecule has 0 spiro atoms. The first-order valence-corrected chi connectivity index (χ1v) is 7.19. The first-order chi connectivity index (χ1) is 9.17. The number of hydrogen-bond acceptors (Lipinski definition) is 4. The molecular formula is C15H23NO2S. The van der Waals surface area contributed by atoms with Crippen molar-refractivity contribution >= 4 is 11.3 Å². The van der Waals surface area contributed by atoms with Crippen molar-refractivity contribution in [2.24, 2.45) is 0 Å². The van der Waals surface area contributed by atoms with E-state index in [0.717, 1.165) is 22.2 Å². The first-order valence-electron chi connectivity index (χ1n) is 6.31. The van der Waals surface area contributed by atoms with E-state index in [-0.39, 0.29) is 0 Å².